The number of halogens is 1. The summed E-state index contributed by atoms with van der Waals surface area (Å²) in [5.41, 5.74) is 6.64. The molecule has 0 saturated heterocycles. The van der Waals surface area contributed by atoms with Crippen molar-refractivity contribution >= 4 is 34.8 Å². The summed E-state index contributed by atoms with van der Waals surface area (Å²) >= 11 is 5.84. The molecule has 0 bridgehead atoms. The molecule has 0 aromatic heterocycles. The fourth-order valence-corrected chi connectivity index (χ4v) is 1.80. The first-order valence-corrected chi connectivity index (χ1v) is 6.60. The van der Waals surface area contributed by atoms with Gasteiger partial charge in [0.25, 0.3) is 0 Å². The maximum absolute atomic E-state index is 11.8. The van der Waals surface area contributed by atoms with Gasteiger partial charge in [-0.3, -0.25) is 14.5 Å². The predicted molar refractivity (Wildman–Crippen MR) is 80.7 cm³/mol. The zero-order chi connectivity index (χ0) is 15.1. The Kier molecular flexibility index (Phi) is 6.27. The van der Waals surface area contributed by atoms with Crippen molar-refractivity contribution in [1.29, 1.82) is 0 Å². The van der Waals surface area contributed by atoms with E-state index in [1.54, 1.807) is 30.1 Å². The van der Waals surface area contributed by atoms with E-state index in [0.29, 0.717) is 22.9 Å². The third-order valence-electron chi connectivity index (χ3n) is 2.49. The molecule has 110 valence electrons. The Morgan fingerprint density at radius 2 is 1.95 bits per heavy atom. The topological polar surface area (TPSA) is 87.5 Å². The van der Waals surface area contributed by atoms with E-state index in [9.17, 15) is 9.59 Å². The lowest BCUT2D eigenvalue weighted by Crippen LogP contribution is -2.38. The Balaban J connectivity index is 2.51. The van der Waals surface area contributed by atoms with Crippen LogP contribution in [0.4, 0.5) is 11.4 Å². The molecular formula is C13H19ClN4O2. The van der Waals surface area contributed by atoms with E-state index in [-0.39, 0.29) is 24.9 Å². The Bertz CT molecular complexity index is 493. The van der Waals surface area contributed by atoms with Gasteiger partial charge in [0.2, 0.25) is 11.8 Å². The number of rotatable bonds is 6. The number of carbonyl (C=O) groups is 2. The van der Waals surface area contributed by atoms with E-state index < -0.39 is 0 Å². The van der Waals surface area contributed by atoms with Crippen molar-refractivity contribution in [2.75, 3.05) is 37.7 Å². The molecule has 0 atom stereocenters. The van der Waals surface area contributed by atoms with Gasteiger partial charge in [0, 0.05) is 11.6 Å². The maximum atomic E-state index is 11.8. The highest BCUT2D eigenvalue weighted by molar-refractivity contribution is 6.31. The van der Waals surface area contributed by atoms with E-state index in [4.69, 9.17) is 17.3 Å². The molecular weight excluding hydrogens is 280 g/mol. The summed E-state index contributed by atoms with van der Waals surface area (Å²) in [5.74, 6) is -0.379. The lowest BCUT2D eigenvalue weighted by molar-refractivity contribution is -0.122. The zero-order valence-corrected chi connectivity index (χ0v) is 12.3. The number of hydrogen-bond acceptors (Lipinski definition) is 4. The minimum absolute atomic E-state index is 0.0864. The second kappa shape index (κ2) is 7.72. The molecule has 0 fully saturated rings. The number of anilines is 2. The lowest BCUT2D eigenvalue weighted by atomic mass is 10.2. The van der Waals surface area contributed by atoms with Gasteiger partial charge in [0.1, 0.15) is 0 Å². The summed E-state index contributed by atoms with van der Waals surface area (Å²) in [7, 11) is 1.69. The van der Waals surface area contributed by atoms with Gasteiger partial charge in [-0.05, 0) is 32.2 Å². The molecule has 2 amide bonds. The molecule has 4 N–H and O–H groups in total. The first kappa shape index (κ1) is 16.3. The summed E-state index contributed by atoms with van der Waals surface area (Å²) in [4.78, 5) is 24.8. The molecule has 20 heavy (non-hydrogen) atoms. The molecule has 6 nitrogen and oxygen atoms in total. The highest BCUT2D eigenvalue weighted by Gasteiger charge is 2.11. The van der Waals surface area contributed by atoms with Crippen LogP contribution in [0, 0.1) is 0 Å². The van der Waals surface area contributed by atoms with Gasteiger partial charge in [0.15, 0.2) is 0 Å². The van der Waals surface area contributed by atoms with Gasteiger partial charge in [-0.2, -0.15) is 0 Å². The third-order valence-corrected chi connectivity index (χ3v) is 2.73. The molecule has 0 spiro atoms. The normalized spacial score (nSPS) is 10.4. The van der Waals surface area contributed by atoms with E-state index in [2.05, 4.69) is 10.6 Å². The van der Waals surface area contributed by atoms with Crippen LogP contribution in [0.3, 0.4) is 0 Å². The number of hydrogen-bond donors (Lipinski definition) is 3. The Hall–Kier alpha value is -1.79. The van der Waals surface area contributed by atoms with Gasteiger partial charge in [-0.1, -0.05) is 11.6 Å². The van der Waals surface area contributed by atoms with Crippen molar-refractivity contribution in [2.24, 2.45) is 0 Å². The molecule has 0 aliphatic rings. The van der Waals surface area contributed by atoms with Gasteiger partial charge in [-0.15, -0.1) is 0 Å². The number of nitrogens with one attached hydrogen (secondary N) is 2. The van der Waals surface area contributed by atoms with E-state index in [0.717, 1.165) is 0 Å². The molecule has 7 heteroatoms. The average molecular weight is 299 g/mol. The van der Waals surface area contributed by atoms with Crippen molar-refractivity contribution in [2.45, 2.75) is 6.92 Å². The number of nitrogens with zero attached hydrogens (tertiary/aromatic N) is 1. The van der Waals surface area contributed by atoms with Gasteiger partial charge >= 0.3 is 0 Å². The van der Waals surface area contributed by atoms with E-state index in [1.165, 1.54) is 0 Å². The van der Waals surface area contributed by atoms with Crippen LogP contribution in [0.1, 0.15) is 6.92 Å². The fraction of sp³-hybridized carbons (Fsp3) is 0.385. The molecule has 1 rings (SSSR count). The first-order chi connectivity index (χ1) is 9.42. The second-order valence-electron chi connectivity index (χ2n) is 4.41. The van der Waals surface area contributed by atoms with Crippen LogP contribution in [0.2, 0.25) is 5.02 Å². The molecule has 0 heterocycles. The standard InChI is InChI=1S/C13H19ClN4O2/c1-3-16-12(19)7-18(2)8-13(20)17-11-6-9(14)4-5-10(11)15/h4-6H,3,7-8,15H2,1-2H3,(H,16,19)(H,17,20). The summed E-state index contributed by atoms with van der Waals surface area (Å²) in [6.45, 7) is 2.65. The minimum atomic E-state index is -0.259. The largest absolute Gasteiger partial charge is 0.397 e. The highest BCUT2D eigenvalue weighted by Crippen LogP contribution is 2.22. The molecule has 0 radical (unpaired) electrons. The van der Waals surface area contributed by atoms with Gasteiger partial charge in [-0.25, -0.2) is 0 Å². The summed E-state index contributed by atoms with van der Waals surface area (Å²) < 4.78 is 0. The lowest BCUT2D eigenvalue weighted by Gasteiger charge is -2.16. The molecule has 0 aliphatic heterocycles. The minimum Gasteiger partial charge on any atom is -0.397 e. The Labute approximate surface area is 123 Å². The number of amides is 2. The summed E-state index contributed by atoms with van der Waals surface area (Å²) in [6.07, 6.45) is 0. The first-order valence-electron chi connectivity index (χ1n) is 6.22. The van der Waals surface area contributed by atoms with Gasteiger partial charge < -0.3 is 16.4 Å². The fourth-order valence-electron chi connectivity index (χ4n) is 1.63. The number of carbonyl (C=O) groups excluding carboxylic acids is 2. The van der Waals surface area contributed by atoms with Crippen LogP contribution in [0.25, 0.3) is 0 Å². The quantitative estimate of drug-likeness (QED) is 0.682. The van der Waals surface area contributed by atoms with E-state index in [1.807, 2.05) is 6.92 Å². The van der Waals surface area contributed by atoms with Crippen LogP contribution in [-0.4, -0.2) is 43.4 Å². The Morgan fingerprint density at radius 1 is 1.30 bits per heavy atom. The Morgan fingerprint density at radius 3 is 2.60 bits per heavy atom. The highest BCUT2D eigenvalue weighted by atomic mass is 35.5. The molecule has 1 aromatic rings. The number of nitrogens with two attached hydrogens (primary N) is 1. The van der Waals surface area contributed by atoms with Crippen LogP contribution in [0.15, 0.2) is 18.2 Å². The third kappa shape index (κ3) is 5.46. The number of likely N-dealkylation sites (N-methyl/N-ethyl adjacent to an activating group) is 2. The van der Waals surface area contributed by atoms with E-state index >= 15 is 0 Å². The SMILES string of the molecule is CCNC(=O)CN(C)CC(=O)Nc1cc(Cl)ccc1N. The van der Waals surface area contributed by atoms with Crippen molar-refractivity contribution in [3.05, 3.63) is 23.2 Å². The predicted octanol–water partition coefficient (Wildman–Crippen LogP) is 0.929. The smallest absolute Gasteiger partial charge is 0.238 e. The van der Waals surface area contributed by atoms with Crippen LogP contribution < -0.4 is 16.4 Å². The molecule has 0 unspecified atom stereocenters. The summed E-state index contributed by atoms with van der Waals surface area (Å²) in [5, 5.41) is 5.82. The van der Waals surface area contributed by atoms with Crippen molar-refractivity contribution in [3.63, 3.8) is 0 Å². The van der Waals surface area contributed by atoms with Crippen molar-refractivity contribution in [1.82, 2.24) is 10.2 Å². The average Bonchev–Trinajstić information content (AvgIpc) is 2.33. The van der Waals surface area contributed by atoms with Crippen LogP contribution in [0.5, 0.6) is 0 Å². The van der Waals surface area contributed by atoms with Crippen LogP contribution in [-0.2, 0) is 9.59 Å². The van der Waals surface area contributed by atoms with Gasteiger partial charge in [0.05, 0.1) is 24.5 Å². The molecule has 0 aliphatic carbocycles. The van der Waals surface area contributed by atoms with Crippen molar-refractivity contribution in [3.8, 4) is 0 Å². The molecule has 0 saturated carbocycles. The maximum Gasteiger partial charge on any atom is 0.238 e. The van der Waals surface area contributed by atoms with Crippen molar-refractivity contribution < 1.29 is 9.59 Å². The number of benzene rings is 1. The summed E-state index contributed by atoms with van der Waals surface area (Å²) in [6, 6.07) is 4.85. The van der Waals surface area contributed by atoms with Crippen LogP contribution >= 0.6 is 11.6 Å². The zero-order valence-electron chi connectivity index (χ0n) is 11.6. The number of nitrogen functional groups attached to an aromatic ring is 1. The second-order valence-corrected chi connectivity index (χ2v) is 4.84. The monoisotopic (exact) mass is 298 g/mol. The molecule has 1 aromatic carbocycles.